The second kappa shape index (κ2) is 7.74. The summed E-state index contributed by atoms with van der Waals surface area (Å²) < 4.78 is 5.82. The molecule has 1 heteroatoms. The van der Waals surface area contributed by atoms with Crippen LogP contribution in [0.1, 0.15) is 50.2 Å². The van der Waals surface area contributed by atoms with Gasteiger partial charge in [0.25, 0.3) is 0 Å². The molecule has 0 aliphatic carbocycles. The van der Waals surface area contributed by atoms with E-state index in [0.29, 0.717) is 12.5 Å². The molecule has 106 valence electrons. The molecule has 0 aromatic heterocycles. The summed E-state index contributed by atoms with van der Waals surface area (Å²) in [5.74, 6) is 1.63. The van der Waals surface area contributed by atoms with E-state index in [9.17, 15) is 0 Å². The lowest BCUT2D eigenvalue weighted by molar-refractivity contribution is 0.306. The van der Waals surface area contributed by atoms with Crippen molar-refractivity contribution in [3.63, 3.8) is 0 Å². The van der Waals surface area contributed by atoms with Gasteiger partial charge in [-0.2, -0.15) is 0 Å². The van der Waals surface area contributed by atoms with Crippen LogP contribution >= 0.6 is 0 Å². The Morgan fingerprint density at radius 2 is 1.60 bits per heavy atom. The Balaban J connectivity index is 1.94. The summed E-state index contributed by atoms with van der Waals surface area (Å²) in [4.78, 5) is 0. The average Bonchev–Trinajstić information content (AvgIpc) is 2.52. The molecule has 0 N–H and O–H groups in total. The van der Waals surface area contributed by atoms with Gasteiger partial charge in [-0.1, -0.05) is 62.7 Å². The van der Waals surface area contributed by atoms with Gasteiger partial charge in [0.05, 0.1) is 0 Å². The average molecular weight is 268 g/mol. The van der Waals surface area contributed by atoms with E-state index >= 15 is 0 Å². The molecule has 0 radical (unpaired) electrons. The molecule has 0 saturated heterocycles. The molecule has 2 aromatic carbocycles. The molecule has 0 aliphatic heterocycles. The van der Waals surface area contributed by atoms with Crippen molar-refractivity contribution >= 4 is 0 Å². The number of hydrogen-bond acceptors (Lipinski definition) is 1. The fourth-order valence-corrected chi connectivity index (χ4v) is 2.53. The number of ether oxygens (including phenoxy) is 1. The highest BCUT2D eigenvalue weighted by Gasteiger charge is 2.08. The van der Waals surface area contributed by atoms with Gasteiger partial charge in [-0.05, 0) is 42.0 Å². The van der Waals surface area contributed by atoms with Crippen molar-refractivity contribution in [1.29, 1.82) is 0 Å². The minimum Gasteiger partial charge on any atom is -0.489 e. The molecule has 20 heavy (non-hydrogen) atoms. The maximum atomic E-state index is 5.82. The topological polar surface area (TPSA) is 9.23 Å². The quantitative estimate of drug-likeness (QED) is 0.639. The highest BCUT2D eigenvalue weighted by Crippen LogP contribution is 2.26. The van der Waals surface area contributed by atoms with E-state index in [1.807, 2.05) is 18.2 Å². The van der Waals surface area contributed by atoms with Gasteiger partial charge in [-0.25, -0.2) is 0 Å². The zero-order chi connectivity index (χ0) is 14.2. The maximum Gasteiger partial charge on any atom is 0.119 e. The molecule has 2 rings (SSSR count). The van der Waals surface area contributed by atoms with Crippen LogP contribution in [-0.4, -0.2) is 0 Å². The van der Waals surface area contributed by atoms with Gasteiger partial charge in [0.1, 0.15) is 12.4 Å². The van der Waals surface area contributed by atoms with Crippen LogP contribution in [0.4, 0.5) is 0 Å². The summed E-state index contributed by atoms with van der Waals surface area (Å²) in [5, 5.41) is 0. The van der Waals surface area contributed by atoms with Gasteiger partial charge in [0.15, 0.2) is 0 Å². The normalized spacial score (nSPS) is 12.1. The van der Waals surface area contributed by atoms with Gasteiger partial charge in [-0.3, -0.25) is 0 Å². The van der Waals surface area contributed by atoms with Crippen LogP contribution in [0.25, 0.3) is 0 Å². The molecular formula is C19H24O. The summed E-state index contributed by atoms with van der Waals surface area (Å²) in [6.45, 7) is 5.15. The number of hydrogen-bond donors (Lipinski definition) is 0. The van der Waals surface area contributed by atoms with Gasteiger partial charge in [0, 0.05) is 0 Å². The lowest BCUT2D eigenvalue weighted by atomic mass is 9.92. The van der Waals surface area contributed by atoms with Crippen molar-refractivity contribution < 1.29 is 4.74 Å². The number of benzene rings is 2. The molecule has 0 aliphatic rings. The van der Waals surface area contributed by atoms with Crippen molar-refractivity contribution in [2.24, 2.45) is 0 Å². The third kappa shape index (κ3) is 4.12. The van der Waals surface area contributed by atoms with Crippen molar-refractivity contribution in [2.75, 3.05) is 0 Å². The number of rotatable bonds is 7. The second-order valence-corrected chi connectivity index (χ2v) is 5.24. The minimum atomic E-state index is 0.631. The smallest absolute Gasteiger partial charge is 0.119 e. The summed E-state index contributed by atoms with van der Waals surface area (Å²) in [6.07, 6.45) is 3.71. The standard InChI is InChI=1S/C19H24O/c1-3-8-17(4-2)18-11-13-19(14-12-18)20-15-16-9-6-5-7-10-16/h5-7,9-14,17H,3-4,8,15H2,1-2H3. The van der Waals surface area contributed by atoms with Gasteiger partial charge in [0.2, 0.25) is 0 Å². The Morgan fingerprint density at radius 1 is 0.900 bits per heavy atom. The van der Waals surface area contributed by atoms with Crippen molar-refractivity contribution in [3.05, 3.63) is 65.7 Å². The van der Waals surface area contributed by atoms with Gasteiger partial charge >= 0.3 is 0 Å². The van der Waals surface area contributed by atoms with Crippen LogP contribution in [0.2, 0.25) is 0 Å². The third-order valence-electron chi connectivity index (χ3n) is 3.73. The van der Waals surface area contributed by atoms with E-state index in [1.165, 1.54) is 30.4 Å². The van der Waals surface area contributed by atoms with Gasteiger partial charge in [-0.15, -0.1) is 0 Å². The Bertz CT molecular complexity index is 487. The molecule has 0 heterocycles. The Labute approximate surface area is 122 Å². The van der Waals surface area contributed by atoms with Crippen molar-refractivity contribution in [3.8, 4) is 5.75 Å². The molecule has 0 spiro atoms. The summed E-state index contributed by atoms with van der Waals surface area (Å²) in [6, 6.07) is 18.9. The van der Waals surface area contributed by atoms with Crippen molar-refractivity contribution in [2.45, 2.75) is 45.6 Å². The molecule has 0 saturated carbocycles. The predicted octanol–water partition coefficient (Wildman–Crippen LogP) is 5.56. The van der Waals surface area contributed by atoms with Crippen LogP contribution in [0.5, 0.6) is 5.75 Å². The summed E-state index contributed by atoms with van der Waals surface area (Å²) in [7, 11) is 0. The van der Waals surface area contributed by atoms with Crippen LogP contribution < -0.4 is 4.74 Å². The van der Waals surface area contributed by atoms with E-state index in [1.54, 1.807) is 0 Å². The highest BCUT2D eigenvalue weighted by molar-refractivity contribution is 5.29. The van der Waals surface area contributed by atoms with E-state index in [-0.39, 0.29) is 0 Å². The minimum absolute atomic E-state index is 0.631. The van der Waals surface area contributed by atoms with E-state index in [4.69, 9.17) is 4.74 Å². The van der Waals surface area contributed by atoms with Crippen LogP contribution in [-0.2, 0) is 6.61 Å². The first-order valence-electron chi connectivity index (χ1n) is 7.60. The lowest BCUT2D eigenvalue weighted by Gasteiger charge is -2.15. The van der Waals surface area contributed by atoms with E-state index in [0.717, 1.165) is 5.75 Å². The largest absolute Gasteiger partial charge is 0.489 e. The first-order valence-corrected chi connectivity index (χ1v) is 7.60. The third-order valence-corrected chi connectivity index (χ3v) is 3.73. The molecule has 2 aromatic rings. The fraction of sp³-hybridized carbons (Fsp3) is 0.368. The van der Waals surface area contributed by atoms with Crippen LogP contribution in [0.3, 0.4) is 0 Å². The molecule has 1 atom stereocenters. The first kappa shape index (κ1) is 14.6. The highest BCUT2D eigenvalue weighted by atomic mass is 16.5. The Hall–Kier alpha value is -1.76. The maximum absolute atomic E-state index is 5.82. The molecule has 0 amide bonds. The fourth-order valence-electron chi connectivity index (χ4n) is 2.53. The SMILES string of the molecule is CCCC(CC)c1ccc(OCc2ccccc2)cc1. The monoisotopic (exact) mass is 268 g/mol. The van der Waals surface area contributed by atoms with E-state index in [2.05, 4.69) is 50.2 Å². The summed E-state index contributed by atoms with van der Waals surface area (Å²) >= 11 is 0. The van der Waals surface area contributed by atoms with Gasteiger partial charge < -0.3 is 4.74 Å². The molecular weight excluding hydrogens is 244 g/mol. The molecule has 1 nitrogen and oxygen atoms in total. The van der Waals surface area contributed by atoms with Crippen molar-refractivity contribution in [1.82, 2.24) is 0 Å². The predicted molar refractivity (Wildman–Crippen MR) is 85.2 cm³/mol. The first-order chi connectivity index (χ1) is 9.83. The van der Waals surface area contributed by atoms with E-state index < -0.39 is 0 Å². The molecule has 0 fully saturated rings. The summed E-state index contributed by atoms with van der Waals surface area (Å²) in [5.41, 5.74) is 2.63. The Morgan fingerprint density at radius 3 is 2.20 bits per heavy atom. The lowest BCUT2D eigenvalue weighted by Crippen LogP contribution is -1.98. The van der Waals surface area contributed by atoms with Crippen LogP contribution in [0.15, 0.2) is 54.6 Å². The molecule has 1 unspecified atom stereocenters. The Kier molecular flexibility index (Phi) is 5.67. The second-order valence-electron chi connectivity index (χ2n) is 5.24. The molecule has 0 bridgehead atoms. The van der Waals surface area contributed by atoms with Crippen LogP contribution in [0, 0.1) is 0 Å². The zero-order valence-electron chi connectivity index (χ0n) is 12.5. The zero-order valence-corrected chi connectivity index (χ0v) is 12.5.